The van der Waals surface area contributed by atoms with Crippen LogP contribution < -0.4 is 5.73 Å². The first kappa shape index (κ1) is 14.0. The fraction of sp³-hybridized carbons (Fsp3) is 0.833. The van der Waals surface area contributed by atoms with E-state index in [9.17, 15) is 9.59 Å². The van der Waals surface area contributed by atoms with Crippen LogP contribution >= 0.6 is 0 Å². The summed E-state index contributed by atoms with van der Waals surface area (Å²) in [5.41, 5.74) is 5.61. The Balaban J connectivity index is 2.65. The number of amides is 2. The molecule has 2 unspecified atom stereocenters. The summed E-state index contributed by atoms with van der Waals surface area (Å²) in [6.07, 6.45) is 1.91. The van der Waals surface area contributed by atoms with E-state index in [0.29, 0.717) is 13.1 Å². The first-order valence-corrected chi connectivity index (χ1v) is 6.29. The van der Waals surface area contributed by atoms with Crippen molar-refractivity contribution in [2.45, 2.75) is 45.7 Å². The molecular formula is C12H23N3O2. The second-order valence-corrected chi connectivity index (χ2v) is 4.67. The summed E-state index contributed by atoms with van der Waals surface area (Å²) < 4.78 is 0. The van der Waals surface area contributed by atoms with Gasteiger partial charge in [0, 0.05) is 32.6 Å². The van der Waals surface area contributed by atoms with Gasteiger partial charge < -0.3 is 15.5 Å². The maximum Gasteiger partial charge on any atom is 0.239 e. The third kappa shape index (κ3) is 3.43. The predicted octanol–water partition coefficient (Wildman–Crippen LogP) is 0.193. The molecule has 0 aliphatic carbocycles. The van der Waals surface area contributed by atoms with Crippen molar-refractivity contribution in [3.63, 3.8) is 0 Å². The Bertz CT molecular complexity index is 291. The van der Waals surface area contributed by atoms with Gasteiger partial charge in [0.2, 0.25) is 11.8 Å². The van der Waals surface area contributed by atoms with E-state index in [4.69, 9.17) is 5.73 Å². The van der Waals surface area contributed by atoms with Gasteiger partial charge in [-0.15, -0.1) is 0 Å². The first-order chi connectivity index (χ1) is 7.97. The van der Waals surface area contributed by atoms with E-state index in [0.717, 1.165) is 19.4 Å². The smallest absolute Gasteiger partial charge is 0.239 e. The molecule has 2 amide bonds. The second kappa shape index (κ2) is 6.00. The quantitative estimate of drug-likeness (QED) is 0.767. The van der Waals surface area contributed by atoms with Gasteiger partial charge in [0.15, 0.2) is 0 Å². The molecule has 0 aromatic rings. The minimum Gasteiger partial charge on any atom is -0.339 e. The number of carbonyl (C=O) groups is 2. The summed E-state index contributed by atoms with van der Waals surface area (Å²) in [6.45, 7) is 7.32. The van der Waals surface area contributed by atoms with E-state index in [2.05, 4.69) is 0 Å². The van der Waals surface area contributed by atoms with Crippen molar-refractivity contribution in [1.82, 2.24) is 9.80 Å². The topological polar surface area (TPSA) is 66.6 Å². The lowest BCUT2D eigenvalue weighted by Gasteiger charge is -2.39. The van der Waals surface area contributed by atoms with Crippen molar-refractivity contribution in [3.05, 3.63) is 0 Å². The molecule has 0 saturated carbocycles. The van der Waals surface area contributed by atoms with Crippen LogP contribution in [0.15, 0.2) is 0 Å². The number of nitrogens with zero attached hydrogens (tertiary/aromatic N) is 2. The molecule has 1 saturated heterocycles. The van der Waals surface area contributed by atoms with Crippen LogP contribution in [0.1, 0.15) is 33.6 Å². The highest BCUT2D eigenvalue weighted by molar-refractivity contribution is 5.81. The molecule has 17 heavy (non-hydrogen) atoms. The van der Waals surface area contributed by atoms with Gasteiger partial charge in [-0.2, -0.15) is 0 Å². The number of rotatable bonds is 3. The van der Waals surface area contributed by atoms with Gasteiger partial charge in [0.1, 0.15) is 0 Å². The standard InChI is InChI=1S/C12H23N3O2/c1-4-15(10(3)16)11-6-5-7-14(8-11)12(17)9(2)13/h9,11H,4-8,13H2,1-3H3. The van der Waals surface area contributed by atoms with Crippen molar-refractivity contribution in [2.24, 2.45) is 5.73 Å². The lowest BCUT2D eigenvalue weighted by atomic mass is 10.0. The zero-order chi connectivity index (χ0) is 13.0. The maximum atomic E-state index is 11.8. The molecule has 2 N–H and O–H groups in total. The van der Waals surface area contributed by atoms with E-state index >= 15 is 0 Å². The van der Waals surface area contributed by atoms with Crippen molar-refractivity contribution in [3.8, 4) is 0 Å². The molecule has 0 bridgehead atoms. The normalized spacial score (nSPS) is 22.1. The Morgan fingerprint density at radius 1 is 1.53 bits per heavy atom. The van der Waals surface area contributed by atoms with E-state index in [-0.39, 0.29) is 17.9 Å². The third-order valence-electron chi connectivity index (χ3n) is 3.28. The van der Waals surface area contributed by atoms with Crippen molar-refractivity contribution in [1.29, 1.82) is 0 Å². The molecule has 98 valence electrons. The summed E-state index contributed by atoms with van der Waals surface area (Å²) in [7, 11) is 0. The van der Waals surface area contributed by atoms with E-state index in [1.54, 1.807) is 18.7 Å². The SMILES string of the molecule is CCN(C(C)=O)C1CCCN(C(=O)C(C)N)C1. The van der Waals surface area contributed by atoms with Crippen molar-refractivity contribution < 1.29 is 9.59 Å². The molecule has 0 aromatic carbocycles. The van der Waals surface area contributed by atoms with Crippen LogP contribution in [-0.4, -0.2) is 53.3 Å². The van der Waals surface area contributed by atoms with Gasteiger partial charge in [-0.1, -0.05) is 0 Å². The van der Waals surface area contributed by atoms with E-state index < -0.39 is 6.04 Å². The molecule has 1 aliphatic heterocycles. The van der Waals surface area contributed by atoms with Gasteiger partial charge in [-0.25, -0.2) is 0 Å². The molecule has 1 rings (SSSR count). The molecule has 5 heteroatoms. The van der Waals surface area contributed by atoms with Crippen LogP contribution in [-0.2, 0) is 9.59 Å². The monoisotopic (exact) mass is 241 g/mol. The van der Waals surface area contributed by atoms with Crippen LogP contribution in [0.25, 0.3) is 0 Å². The molecule has 1 heterocycles. The van der Waals surface area contributed by atoms with Crippen molar-refractivity contribution >= 4 is 11.8 Å². The minimum atomic E-state index is -0.457. The highest BCUT2D eigenvalue weighted by Gasteiger charge is 2.29. The van der Waals surface area contributed by atoms with Gasteiger partial charge in [0.25, 0.3) is 0 Å². The highest BCUT2D eigenvalue weighted by atomic mass is 16.2. The first-order valence-electron chi connectivity index (χ1n) is 6.29. The molecule has 0 radical (unpaired) electrons. The van der Waals surface area contributed by atoms with E-state index in [1.807, 2.05) is 11.8 Å². The largest absolute Gasteiger partial charge is 0.339 e. The average Bonchev–Trinajstić information content (AvgIpc) is 2.28. The number of carbonyl (C=O) groups excluding carboxylic acids is 2. The minimum absolute atomic E-state index is 0.0192. The average molecular weight is 241 g/mol. The molecule has 0 aromatic heterocycles. The number of likely N-dealkylation sites (tertiary alicyclic amines) is 1. The van der Waals surface area contributed by atoms with Crippen LogP contribution in [0.5, 0.6) is 0 Å². The summed E-state index contributed by atoms with van der Waals surface area (Å²) >= 11 is 0. The zero-order valence-corrected chi connectivity index (χ0v) is 11.0. The Morgan fingerprint density at radius 2 is 2.18 bits per heavy atom. The van der Waals surface area contributed by atoms with Crippen LogP contribution in [0.3, 0.4) is 0 Å². The van der Waals surface area contributed by atoms with Crippen LogP contribution in [0, 0.1) is 0 Å². The summed E-state index contributed by atoms with van der Waals surface area (Å²) in [4.78, 5) is 26.9. The van der Waals surface area contributed by atoms with Crippen LogP contribution in [0.4, 0.5) is 0 Å². The number of nitrogens with two attached hydrogens (primary N) is 1. The fourth-order valence-corrected chi connectivity index (χ4v) is 2.44. The predicted molar refractivity (Wildman–Crippen MR) is 66.3 cm³/mol. The molecule has 2 atom stereocenters. The van der Waals surface area contributed by atoms with Crippen LogP contribution in [0.2, 0.25) is 0 Å². The fourth-order valence-electron chi connectivity index (χ4n) is 2.44. The summed E-state index contributed by atoms with van der Waals surface area (Å²) in [5, 5.41) is 0. The molecule has 5 nitrogen and oxygen atoms in total. The molecule has 0 spiro atoms. The number of hydrogen-bond donors (Lipinski definition) is 1. The molecular weight excluding hydrogens is 218 g/mol. The van der Waals surface area contributed by atoms with Crippen molar-refractivity contribution in [2.75, 3.05) is 19.6 Å². The third-order valence-corrected chi connectivity index (χ3v) is 3.28. The maximum absolute atomic E-state index is 11.8. The highest BCUT2D eigenvalue weighted by Crippen LogP contribution is 2.16. The zero-order valence-electron chi connectivity index (χ0n) is 11.0. The summed E-state index contributed by atoms with van der Waals surface area (Å²) in [5.74, 6) is 0.0573. The molecule has 1 aliphatic rings. The Morgan fingerprint density at radius 3 is 2.65 bits per heavy atom. The van der Waals surface area contributed by atoms with E-state index in [1.165, 1.54) is 0 Å². The Kier molecular flexibility index (Phi) is 4.93. The Labute approximate surface area is 103 Å². The molecule has 1 fully saturated rings. The number of hydrogen-bond acceptors (Lipinski definition) is 3. The van der Waals surface area contributed by atoms with Gasteiger partial charge in [-0.05, 0) is 26.7 Å². The number of piperidine rings is 1. The number of likely N-dealkylation sites (N-methyl/N-ethyl adjacent to an activating group) is 1. The summed E-state index contributed by atoms with van der Waals surface area (Å²) in [6, 6.07) is -0.310. The van der Waals surface area contributed by atoms with Gasteiger partial charge >= 0.3 is 0 Å². The Hall–Kier alpha value is -1.10. The van der Waals surface area contributed by atoms with Gasteiger partial charge in [0.05, 0.1) is 6.04 Å². The van der Waals surface area contributed by atoms with Gasteiger partial charge in [-0.3, -0.25) is 9.59 Å². The lowest BCUT2D eigenvalue weighted by Crippen LogP contribution is -2.53. The second-order valence-electron chi connectivity index (χ2n) is 4.67. The lowest BCUT2D eigenvalue weighted by molar-refractivity contribution is -0.138.